The summed E-state index contributed by atoms with van der Waals surface area (Å²) >= 11 is 0. The predicted octanol–water partition coefficient (Wildman–Crippen LogP) is 5.71. The van der Waals surface area contributed by atoms with E-state index in [9.17, 15) is 9.90 Å². The minimum Gasteiger partial charge on any atom is -0.478 e. The molecule has 1 fully saturated rings. The fourth-order valence-electron chi connectivity index (χ4n) is 3.98. The van der Waals surface area contributed by atoms with Crippen molar-refractivity contribution in [2.24, 2.45) is 0 Å². The second-order valence-corrected chi connectivity index (χ2v) is 7.97. The Morgan fingerprint density at radius 3 is 2.70 bits per heavy atom. The summed E-state index contributed by atoms with van der Waals surface area (Å²) in [6, 6.07) is 18.3. The van der Waals surface area contributed by atoms with Gasteiger partial charge < -0.3 is 15.0 Å². The van der Waals surface area contributed by atoms with Crippen LogP contribution in [0.25, 0.3) is 10.9 Å². The molecule has 5 nitrogen and oxygen atoms in total. The summed E-state index contributed by atoms with van der Waals surface area (Å²) in [6.45, 7) is 2.86. The average molecular weight is 397 g/mol. The van der Waals surface area contributed by atoms with Crippen LogP contribution in [0.4, 0.5) is 11.5 Å². The highest BCUT2D eigenvalue weighted by atomic mass is 16.4. The number of aryl methyl sites for hydroxylation is 1. The second kappa shape index (κ2) is 7.34. The number of carboxylic acid groups (broad SMARTS) is 1. The Morgan fingerprint density at radius 1 is 1.17 bits per heavy atom. The number of benzene rings is 2. The monoisotopic (exact) mass is 397 g/mol. The van der Waals surface area contributed by atoms with Gasteiger partial charge in [-0.1, -0.05) is 30.3 Å². The van der Waals surface area contributed by atoms with Crippen LogP contribution < -0.4 is 5.32 Å². The van der Waals surface area contributed by atoms with Crippen LogP contribution in [0.15, 0.2) is 67.0 Å². The summed E-state index contributed by atoms with van der Waals surface area (Å²) in [4.78, 5) is 16.2. The van der Waals surface area contributed by atoms with Crippen molar-refractivity contribution >= 4 is 28.4 Å². The van der Waals surface area contributed by atoms with Crippen molar-refractivity contribution in [1.29, 1.82) is 0 Å². The van der Waals surface area contributed by atoms with Crippen LogP contribution in [0.5, 0.6) is 0 Å². The molecule has 1 saturated carbocycles. The summed E-state index contributed by atoms with van der Waals surface area (Å²) in [7, 11) is 0. The van der Waals surface area contributed by atoms with E-state index in [1.54, 1.807) is 12.3 Å². The van der Waals surface area contributed by atoms with Crippen molar-refractivity contribution in [3.05, 3.63) is 89.2 Å². The van der Waals surface area contributed by atoms with E-state index in [1.807, 2.05) is 12.1 Å². The number of anilines is 2. The van der Waals surface area contributed by atoms with Gasteiger partial charge in [-0.2, -0.15) is 0 Å². The van der Waals surface area contributed by atoms with Gasteiger partial charge in [0.05, 0.1) is 0 Å². The Hall–Kier alpha value is -3.60. The molecule has 0 aliphatic heterocycles. The lowest BCUT2D eigenvalue weighted by Gasteiger charge is -2.14. The molecule has 30 heavy (non-hydrogen) atoms. The van der Waals surface area contributed by atoms with Gasteiger partial charge in [0, 0.05) is 35.5 Å². The summed E-state index contributed by atoms with van der Waals surface area (Å²) in [6.07, 6.45) is 6.13. The molecule has 150 valence electrons. The first-order chi connectivity index (χ1) is 14.6. The van der Waals surface area contributed by atoms with Gasteiger partial charge in [-0.25, -0.2) is 9.78 Å². The molecular weight excluding hydrogens is 374 g/mol. The van der Waals surface area contributed by atoms with E-state index in [1.165, 1.54) is 5.56 Å². The zero-order valence-electron chi connectivity index (χ0n) is 16.8. The summed E-state index contributed by atoms with van der Waals surface area (Å²) in [5, 5.41) is 14.1. The quantitative estimate of drug-likeness (QED) is 0.437. The summed E-state index contributed by atoms with van der Waals surface area (Å²) in [5.41, 5.74) is 5.58. The van der Waals surface area contributed by atoms with E-state index in [2.05, 4.69) is 64.4 Å². The number of pyridine rings is 1. The van der Waals surface area contributed by atoms with E-state index in [4.69, 9.17) is 0 Å². The zero-order valence-corrected chi connectivity index (χ0v) is 16.8. The van der Waals surface area contributed by atoms with Gasteiger partial charge in [0.25, 0.3) is 0 Å². The Kier molecular flexibility index (Phi) is 4.51. The largest absolute Gasteiger partial charge is 0.478 e. The number of aromatic nitrogens is 2. The van der Waals surface area contributed by atoms with Crippen LogP contribution in [0.1, 0.15) is 45.8 Å². The van der Waals surface area contributed by atoms with Crippen LogP contribution >= 0.6 is 0 Å². The molecule has 1 aliphatic carbocycles. The number of aromatic carboxylic acids is 1. The van der Waals surface area contributed by atoms with Gasteiger partial charge in [0.1, 0.15) is 11.4 Å². The highest BCUT2D eigenvalue weighted by Crippen LogP contribution is 2.40. The van der Waals surface area contributed by atoms with Crippen molar-refractivity contribution in [2.45, 2.75) is 32.2 Å². The van der Waals surface area contributed by atoms with E-state index in [-0.39, 0.29) is 5.56 Å². The SMILES string of the molecule is Cc1c(Nc2ncc(C3CC3)cc2C(=O)O)ccc2c1ccn2Cc1ccccc1. The number of nitrogens with zero attached hydrogens (tertiary/aromatic N) is 2. The molecule has 5 rings (SSSR count). The van der Waals surface area contributed by atoms with Crippen molar-refractivity contribution in [2.75, 3.05) is 5.32 Å². The van der Waals surface area contributed by atoms with Crippen LogP contribution in [-0.2, 0) is 6.54 Å². The lowest BCUT2D eigenvalue weighted by Crippen LogP contribution is -2.07. The third-order valence-corrected chi connectivity index (χ3v) is 5.86. The Morgan fingerprint density at radius 2 is 1.97 bits per heavy atom. The standard InChI is InChI=1S/C25H23N3O2/c1-16-20-11-12-28(15-17-5-3-2-4-6-17)23(20)10-9-22(16)27-24-21(25(29)30)13-19(14-26-24)18-7-8-18/h2-6,9-14,18H,7-8,15H2,1H3,(H,26,27)(H,29,30). The van der Waals surface area contributed by atoms with E-state index in [0.717, 1.165) is 47.1 Å². The molecule has 2 heterocycles. The molecule has 5 heteroatoms. The number of nitrogens with one attached hydrogen (secondary N) is 1. The van der Waals surface area contributed by atoms with Gasteiger partial charge in [0.15, 0.2) is 0 Å². The molecule has 0 atom stereocenters. The van der Waals surface area contributed by atoms with Gasteiger partial charge in [0.2, 0.25) is 0 Å². The van der Waals surface area contributed by atoms with Gasteiger partial charge >= 0.3 is 5.97 Å². The summed E-state index contributed by atoms with van der Waals surface area (Å²) < 4.78 is 2.23. The maximum Gasteiger partial charge on any atom is 0.339 e. The first-order valence-corrected chi connectivity index (χ1v) is 10.2. The molecule has 0 saturated heterocycles. The predicted molar refractivity (Wildman–Crippen MR) is 119 cm³/mol. The molecular formula is C25H23N3O2. The van der Waals surface area contributed by atoms with Crippen LogP contribution in [0.3, 0.4) is 0 Å². The van der Waals surface area contributed by atoms with Gasteiger partial charge in [-0.3, -0.25) is 0 Å². The van der Waals surface area contributed by atoms with Crippen molar-refractivity contribution in [1.82, 2.24) is 9.55 Å². The molecule has 2 aromatic heterocycles. The van der Waals surface area contributed by atoms with Crippen LogP contribution in [0.2, 0.25) is 0 Å². The first kappa shape index (κ1) is 18.4. The van der Waals surface area contributed by atoms with Gasteiger partial charge in [-0.05, 0) is 66.6 Å². The molecule has 1 aliphatic rings. The number of carbonyl (C=O) groups is 1. The average Bonchev–Trinajstić information content (AvgIpc) is 3.52. The van der Waals surface area contributed by atoms with Crippen molar-refractivity contribution in [3.63, 3.8) is 0 Å². The molecule has 0 bridgehead atoms. The fourth-order valence-corrected chi connectivity index (χ4v) is 3.98. The molecule has 2 N–H and O–H groups in total. The zero-order chi connectivity index (χ0) is 20.7. The Bertz CT molecular complexity index is 1240. The lowest BCUT2D eigenvalue weighted by molar-refractivity contribution is 0.0697. The second-order valence-electron chi connectivity index (χ2n) is 7.97. The van der Waals surface area contributed by atoms with E-state index >= 15 is 0 Å². The first-order valence-electron chi connectivity index (χ1n) is 10.2. The van der Waals surface area contributed by atoms with E-state index < -0.39 is 5.97 Å². The minimum absolute atomic E-state index is 0.223. The third kappa shape index (κ3) is 3.43. The number of fused-ring (bicyclic) bond motifs is 1. The molecule has 0 unspecified atom stereocenters. The lowest BCUT2D eigenvalue weighted by atomic mass is 10.1. The van der Waals surface area contributed by atoms with Crippen molar-refractivity contribution < 1.29 is 9.90 Å². The summed E-state index contributed by atoms with van der Waals surface area (Å²) in [5.74, 6) is -0.106. The maximum atomic E-state index is 11.8. The maximum absolute atomic E-state index is 11.8. The van der Waals surface area contributed by atoms with E-state index in [0.29, 0.717) is 11.7 Å². The molecule has 0 amide bonds. The number of hydrogen-bond acceptors (Lipinski definition) is 3. The van der Waals surface area contributed by atoms with Crippen LogP contribution in [-0.4, -0.2) is 20.6 Å². The minimum atomic E-state index is -0.958. The Labute approximate surface area is 175 Å². The van der Waals surface area contributed by atoms with Crippen LogP contribution in [0, 0.1) is 6.92 Å². The number of rotatable bonds is 6. The molecule has 0 radical (unpaired) electrons. The van der Waals surface area contributed by atoms with Gasteiger partial charge in [-0.15, -0.1) is 0 Å². The smallest absolute Gasteiger partial charge is 0.339 e. The molecule has 2 aromatic carbocycles. The fraction of sp³-hybridized carbons (Fsp3) is 0.200. The highest BCUT2D eigenvalue weighted by molar-refractivity contribution is 5.95. The molecule has 4 aromatic rings. The Balaban J connectivity index is 1.47. The van der Waals surface area contributed by atoms with Crippen molar-refractivity contribution in [3.8, 4) is 0 Å². The normalized spacial score (nSPS) is 13.5. The number of hydrogen-bond donors (Lipinski definition) is 2. The highest BCUT2D eigenvalue weighted by Gasteiger charge is 2.26. The number of carboxylic acids is 1. The molecule has 0 spiro atoms. The third-order valence-electron chi connectivity index (χ3n) is 5.86. The topological polar surface area (TPSA) is 67.2 Å².